The van der Waals surface area contributed by atoms with E-state index < -0.39 is 0 Å². The van der Waals surface area contributed by atoms with Crippen molar-refractivity contribution >= 4 is 5.91 Å². The van der Waals surface area contributed by atoms with Crippen LogP contribution in [0.25, 0.3) is 0 Å². The van der Waals surface area contributed by atoms with E-state index in [2.05, 4.69) is 6.92 Å². The van der Waals surface area contributed by atoms with Crippen LogP contribution in [0.5, 0.6) is 0 Å². The Hall–Kier alpha value is -0.610. The minimum Gasteiger partial charge on any atom is -0.393 e. The van der Waals surface area contributed by atoms with E-state index in [-0.39, 0.29) is 12.0 Å². The van der Waals surface area contributed by atoms with Crippen LogP contribution in [0.3, 0.4) is 0 Å². The number of carbonyl (C=O) groups is 1. The van der Waals surface area contributed by atoms with Gasteiger partial charge in [-0.15, -0.1) is 0 Å². The molecule has 0 spiro atoms. The summed E-state index contributed by atoms with van der Waals surface area (Å²) in [5.41, 5.74) is 5.48. The maximum absolute atomic E-state index is 11.8. The van der Waals surface area contributed by atoms with Gasteiger partial charge in [0.25, 0.3) is 0 Å². The Morgan fingerprint density at radius 1 is 1.47 bits per heavy atom. The first-order chi connectivity index (χ1) is 8.02. The number of carbonyl (C=O) groups excluding carboxylic acids is 1. The van der Waals surface area contributed by atoms with Gasteiger partial charge in [-0.1, -0.05) is 6.92 Å². The molecule has 1 unspecified atom stereocenters. The van der Waals surface area contributed by atoms with Gasteiger partial charge in [-0.2, -0.15) is 0 Å². The highest BCUT2D eigenvalue weighted by molar-refractivity contribution is 5.75. The van der Waals surface area contributed by atoms with Gasteiger partial charge in [-0.3, -0.25) is 4.79 Å². The van der Waals surface area contributed by atoms with Crippen LogP contribution in [-0.4, -0.2) is 42.2 Å². The Morgan fingerprint density at radius 2 is 2.12 bits per heavy atom. The van der Waals surface area contributed by atoms with E-state index >= 15 is 0 Å². The fraction of sp³-hybridized carbons (Fsp3) is 0.923. The van der Waals surface area contributed by atoms with Gasteiger partial charge in [0.1, 0.15) is 0 Å². The lowest BCUT2D eigenvalue weighted by atomic mass is 9.82. The number of hydrogen-bond donors (Lipinski definition) is 2. The summed E-state index contributed by atoms with van der Waals surface area (Å²) in [6.07, 6.45) is 4.10. The smallest absolute Gasteiger partial charge is 0.222 e. The summed E-state index contributed by atoms with van der Waals surface area (Å²) in [5, 5.41) is 9.19. The molecule has 1 atom stereocenters. The van der Waals surface area contributed by atoms with Crippen molar-refractivity contribution < 1.29 is 9.90 Å². The summed E-state index contributed by atoms with van der Waals surface area (Å²) < 4.78 is 0. The summed E-state index contributed by atoms with van der Waals surface area (Å²) in [5.74, 6) is 1.25. The quantitative estimate of drug-likeness (QED) is 0.699. The minimum atomic E-state index is -0.131. The lowest BCUT2D eigenvalue weighted by Gasteiger charge is -2.34. The van der Waals surface area contributed by atoms with Crippen molar-refractivity contribution in [3.05, 3.63) is 0 Å². The molecule has 0 saturated heterocycles. The van der Waals surface area contributed by atoms with E-state index in [0.717, 1.165) is 32.2 Å². The van der Waals surface area contributed by atoms with E-state index in [0.29, 0.717) is 24.8 Å². The fourth-order valence-corrected chi connectivity index (χ4v) is 2.33. The molecule has 17 heavy (non-hydrogen) atoms. The van der Waals surface area contributed by atoms with Gasteiger partial charge < -0.3 is 15.7 Å². The first-order valence-corrected chi connectivity index (χ1v) is 6.65. The minimum absolute atomic E-state index is 0.131. The monoisotopic (exact) mass is 242 g/mol. The number of rotatable bonds is 7. The van der Waals surface area contributed by atoms with Crippen LogP contribution in [0, 0.1) is 11.8 Å². The van der Waals surface area contributed by atoms with Gasteiger partial charge in [0.05, 0.1) is 6.10 Å². The highest BCUT2D eigenvalue weighted by Crippen LogP contribution is 2.27. The van der Waals surface area contributed by atoms with Crippen molar-refractivity contribution in [3.8, 4) is 0 Å². The third-order valence-corrected chi connectivity index (χ3v) is 3.68. The van der Waals surface area contributed by atoms with Crippen molar-refractivity contribution in [1.29, 1.82) is 0 Å². The van der Waals surface area contributed by atoms with Crippen molar-refractivity contribution in [2.45, 2.75) is 45.1 Å². The number of aliphatic hydroxyl groups excluding tert-OH is 1. The van der Waals surface area contributed by atoms with E-state index in [9.17, 15) is 9.90 Å². The Labute approximate surface area is 104 Å². The predicted octanol–water partition coefficient (Wildman–Crippen LogP) is 0.981. The topological polar surface area (TPSA) is 66.6 Å². The summed E-state index contributed by atoms with van der Waals surface area (Å²) in [4.78, 5) is 13.7. The molecule has 1 amide bonds. The van der Waals surface area contributed by atoms with Gasteiger partial charge >= 0.3 is 0 Å². The van der Waals surface area contributed by atoms with E-state index in [4.69, 9.17) is 5.73 Å². The number of hydrogen-bond acceptors (Lipinski definition) is 3. The molecule has 100 valence electrons. The molecule has 4 nitrogen and oxygen atoms in total. The summed E-state index contributed by atoms with van der Waals surface area (Å²) in [6.45, 7) is 3.63. The maximum atomic E-state index is 11.8. The van der Waals surface area contributed by atoms with Crippen LogP contribution >= 0.6 is 0 Å². The van der Waals surface area contributed by atoms with Crippen LogP contribution in [0.15, 0.2) is 0 Å². The highest BCUT2D eigenvalue weighted by Gasteiger charge is 2.28. The van der Waals surface area contributed by atoms with Gasteiger partial charge in [-0.25, -0.2) is 0 Å². The number of amides is 1. The van der Waals surface area contributed by atoms with Crippen molar-refractivity contribution in [2.24, 2.45) is 17.6 Å². The Morgan fingerprint density at radius 3 is 2.65 bits per heavy atom. The molecule has 0 radical (unpaired) electrons. The predicted molar refractivity (Wildman–Crippen MR) is 68.4 cm³/mol. The normalized spacial score (nSPS) is 25.2. The number of nitrogens with zero attached hydrogens (tertiary/aromatic N) is 1. The molecule has 0 aliphatic heterocycles. The highest BCUT2D eigenvalue weighted by atomic mass is 16.3. The second-order valence-corrected chi connectivity index (χ2v) is 5.49. The van der Waals surface area contributed by atoms with Crippen LogP contribution in [0.2, 0.25) is 0 Å². The zero-order valence-electron chi connectivity index (χ0n) is 11.1. The van der Waals surface area contributed by atoms with Crippen LogP contribution < -0.4 is 5.73 Å². The average molecular weight is 242 g/mol. The lowest BCUT2D eigenvalue weighted by Crippen LogP contribution is -2.39. The summed E-state index contributed by atoms with van der Waals surface area (Å²) >= 11 is 0. The average Bonchev–Trinajstić information content (AvgIpc) is 2.24. The molecule has 1 saturated carbocycles. The van der Waals surface area contributed by atoms with E-state index in [1.807, 2.05) is 11.9 Å². The van der Waals surface area contributed by atoms with Gasteiger partial charge in [0.15, 0.2) is 0 Å². The zero-order chi connectivity index (χ0) is 12.8. The fourth-order valence-electron chi connectivity index (χ4n) is 2.33. The Bertz CT molecular complexity index is 240. The molecule has 1 fully saturated rings. The molecule has 0 bridgehead atoms. The molecule has 0 heterocycles. The molecule has 3 N–H and O–H groups in total. The standard InChI is InChI=1S/C13H26N2O2/c1-10(5-6-14)3-4-13(17)15(2)9-11-7-12(16)8-11/h10-12,16H,3-9,14H2,1-2H3. The lowest BCUT2D eigenvalue weighted by molar-refractivity contribution is -0.131. The first kappa shape index (κ1) is 14.5. The molecule has 1 aliphatic rings. The van der Waals surface area contributed by atoms with Crippen LogP contribution in [0.4, 0.5) is 0 Å². The van der Waals surface area contributed by atoms with Crippen LogP contribution in [-0.2, 0) is 4.79 Å². The van der Waals surface area contributed by atoms with Gasteiger partial charge in [0, 0.05) is 20.0 Å². The molecule has 0 aromatic carbocycles. The van der Waals surface area contributed by atoms with Crippen molar-refractivity contribution in [2.75, 3.05) is 20.1 Å². The van der Waals surface area contributed by atoms with Crippen molar-refractivity contribution in [1.82, 2.24) is 4.90 Å². The largest absolute Gasteiger partial charge is 0.393 e. The maximum Gasteiger partial charge on any atom is 0.222 e. The molecule has 0 aromatic heterocycles. The second-order valence-electron chi connectivity index (χ2n) is 5.49. The van der Waals surface area contributed by atoms with Crippen molar-refractivity contribution in [3.63, 3.8) is 0 Å². The SMILES string of the molecule is CC(CCN)CCC(=O)N(C)CC1CC(O)C1. The van der Waals surface area contributed by atoms with Crippen LogP contribution in [0.1, 0.15) is 39.0 Å². The molecule has 1 rings (SSSR count). The van der Waals surface area contributed by atoms with Gasteiger partial charge in [-0.05, 0) is 44.1 Å². The molecular weight excluding hydrogens is 216 g/mol. The summed E-state index contributed by atoms with van der Waals surface area (Å²) in [6, 6.07) is 0. The van der Waals surface area contributed by atoms with Gasteiger partial charge in [0.2, 0.25) is 5.91 Å². The third kappa shape index (κ3) is 5.04. The Balaban J connectivity index is 2.13. The molecular formula is C13H26N2O2. The van der Waals surface area contributed by atoms with E-state index in [1.165, 1.54) is 0 Å². The second kappa shape index (κ2) is 6.97. The molecule has 4 heteroatoms. The number of nitrogens with two attached hydrogens (primary N) is 1. The molecule has 1 aliphatic carbocycles. The Kier molecular flexibility index (Phi) is 5.92. The third-order valence-electron chi connectivity index (χ3n) is 3.68. The van der Waals surface area contributed by atoms with E-state index in [1.54, 1.807) is 0 Å². The zero-order valence-corrected chi connectivity index (χ0v) is 11.1. The number of aliphatic hydroxyl groups is 1. The first-order valence-electron chi connectivity index (χ1n) is 6.65. The molecule has 0 aromatic rings. The summed E-state index contributed by atoms with van der Waals surface area (Å²) in [7, 11) is 1.86.